The standard InChI is InChI=1S/C23H32N6O4S/c1-28(2)11-17-13-33-22-19(10-25-29(17)22)34(24,31)27-23(30)26-21-18-6-4-5-14(18)9-15-7-8-16(12-32-3)20(15)21/h9-10,16-17H,4-8,11-13H2,1-3H3,(H3,24,26,27,30,31)/t16-,17-,34?/m0/s1. The largest absolute Gasteiger partial charge is 0.475 e. The molecule has 2 heterocycles. The molecule has 0 spiro atoms. The lowest BCUT2D eigenvalue weighted by molar-refractivity contribution is 0.179. The number of aromatic nitrogens is 2. The van der Waals surface area contributed by atoms with Crippen molar-refractivity contribution in [2.24, 2.45) is 9.50 Å². The molecule has 0 bridgehead atoms. The molecule has 11 heteroatoms. The molecule has 1 aromatic heterocycles. The van der Waals surface area contributed by atoms with Crippen molar-refractivity contribution in [3.63, 3.8) is 0 Å². The third-order valence-corrected chi connectivity index (χ3v) is 8.23. The van der Waals surface area contributed by atoms with Crippen molar-refractivity contribution in [2.45, 2.75) is 49.0 Å². The van der Waals surface area contributed by atoms with E-state index in [9.17, 15) is 9.00 Å². The zero-order valence-corrected chi connectivity index (χ0v) is 20.7. The predicted octanol–water partition coefficient (Wildman–Crippen LogP) is 2.48. The van der Waals surface area contributed by atoms with Crippen LogP contribution in [-0.2, 0) is 33.9 Å². The summed E-state index contributed by atoms with van der Waals surface area (Å²) in [5.74, 6) is 0.530. The molecule has 0 saturated heterocycles. The van der Waals surface area contributed by atoms with Gasteiger partial charge in [0.2, 0.25) is 5.88 Å². The molecule has 3 N–H and O–H groups in total. The lowest BCUT2D eigenvalue weighted by Gasteiger charge is -2.19. The number of aryl methyl sites for hydroxylation is 2. The number of fused-ring (bicyclic) bond motifs is 3. The molecule has 1 unspecified atom stereocenters. The van der Waals surface area contributed by atoms with Gasteiger partial charge in [0.25, 0.3) is 0 Å². The molecule has 2 aromatic rings. The Hall–Kier alpha value is -2.47. The highest BCUT2D eigenvalue weighted by Crippen LogP contribution is 2.44. The summed E-state index contributed by atoms with van der Waals surface area (Å²) in [5, 5.41) is 13.4. The first-order valence-electron chi connectivity index (χ1n) is 11.7. The molecule has 1 aliphatic heterocycles. The van der Waals surface area contributed by atoms with Gasteiger partial charge < -0.3 is 19.7 Å². The molecule has 0 radical (unpaired) electrons. The van der Waals surface area contributed by atoms with Crippen LogP contribution in [0.25, 0.3) is 0 Å². The highest BCUT2D eigenvalue weighted by atomic mass is 32.2. The summed E-state index contributed by atoms with van der Waals surface area (Å²) in [5.41, 5.74) is 5.60. The van der Waals surface area contributed by atoms with Crippen molar-refractivity contribution >= 4 is 21.6 Å². The van der Waals surface area contributed by atoms with E-state index in [0.29, 0.717) is 25.6 Å². The van der Waals surface area contributed by atoms with Crippen LogP contribution in [0, 0.1) is 0 Å². The number of methoxy groups -OCH3 is 1. The van der Waals surface area contributed by atoms with Gasteiger partial charge in [0.1, 0.15) is 17.5 Å². The molecule has 1 aromatic carbocycles. The van der Waals surface area contributed by atoms with Gasteiger partial charge in [-0.3, -0.25) is 0 Å². The van der Waals surface area contributed by atoms with E-state index in [-0.39, 0.29) is 16.9 Å². The highest BCUT2D eigenvalue weighted by molar-refractivity contribution is 7.91. The number of carbonyl (C=O) groups excluding carboxylic acids is 1. The lowest BCUT2D eigenvalue weighted by Crippen LogP contribution is -2.24. The Morgan fingerprint density at radius 2 is 2.21 bits per heavy atom. The quantitative estimate of drug-likeness (QED) is 0.644. The van der Waals surface area contributed by atoms with Crippen LogP contribution >= 0.6 is 0 Å². The van der Waals surface area contributed by atoms with Crippen LogP contribution in [0.15, 0.2) is 21.5 Å². The number of rotatable bonds is 6. The fourth-order valence-electron chi connectivity index (χ4n) is 5.51. The van der Waals surface area contributed by atoms with E-state index in [1.54, 1.807) is 11.8 Å². The van der Waals surface area contributed by atoms with E-state index in [1.165, 1.54) is 17.3 Å². The number of hydrogen-bond donors (Lipinski definition) is 2. The van der Waals surface area contributed by atoms with Crippen LogP contribution in [0.5, 0.6) is 5.88 Å². The monoisotopic (exact) mass is 488 g/mol. The van der Waals surface area contributed by atoms with Gasteiger partial charge >= 0.3 is 6.03 Å². The third kappa shape index (κ3) is 4.10. The zero-order chi connectivity index (χ0) is 24.0. The fraction of sp³-hybridized carbons (Fsp3) is 0.565. The number of urea groups is 1. The van der Waals surface area contributed by atoms with E-state index in [0.717, 1.165) is 48.9 Å². The van der Waals surface area contributed by atoms with Crippen molar-refractivity contribution in [3.8, 4) is 5.88 Å². The summed E-state index contributed by atoms with van der Waals surface area (Å²) in [4.78, 5) is 15.2. The van der Waals surface area contributed by atoms with Crippen molar-refractivity contribution in [1.29, 1.82) is 0 Å². The Labute approximate surface area is 200 Å². The number of benzene rings is 1. The second kappa shape index (κ2) is 8.95. The summed E-state index contributed by atoms with van der Waals surface area (Å²) >= 11 is 0. The van der Waals surface area contributed by atoms with Gasteiger partial charge in [-0.1, -0.05) is 6.07 Å². The van der Waals surface area contributed by atoms with Crippen molar-refractivity contribution < 1.29 is 18.5 Å². The smallest absolute Gasteiger partial charge is 0.354 e. The molecule has 34 heavy (non-hydrogen) atoms. The first-order chi connectivity index (χ1) is 16.3. The van der Waals surface area contributed by atoms with E-state index in [4.69, 9.17) is 14.6 Å². The Kier molecular flexibility index (Phi) is 6.13. The molecule has 3 aliphatic rings. The highest BCUT2D eigenvalue weighted by Gasteiger charge is 2.33. The van der Waals surface area contributed by atoms with Gasteiger partial charge in [0, 0.05) is 25.3 Å². The second-order valence-electron chi connectivity index (χ2n) is 9.58. The fourth-order valence-corrected chi connectivity index (χ4v) is 6.50. The number of amides is 2. The number of nitrogens with one attached hydrogen (secondary N) is 1. The van der Waals surface area contributed by atoms with Crippen molar-refractivity contribution in [3.05, 3.63) is 34.5 Å². The topological polar surface area (TPSA) is 124 Å². The van der Waals surface area contributed by atoms with E-state index < -0.39 is 15.9 Å². The average Bonchev–Trinajstić information content (AvgIpc) is 3.52. The summed E-state index contributed by atoms with van der Waals surface area (Å²) in [7, 11) is 2.06. The van der Waals surface area contributed by atoms with Gasteiger partial charge in [-0.2, -0.15) is 5.10 Å². The zero-order valence-electron chi connectivity index (χ0n) is 19.9. The molecular formula is C23H32N6O4S. The summed E-state index contributed by atoms with van der Waals surface area (Å²) in [6.45, 7) is 1.71. The average molecular weight is 489 g/mol. The Bertz CT molecular complexity index is 1250. The maximum Gasteiger partial charge on any atom is 0.354 e. The third-order valence-electron chi connectivity index (χ3n) is 6.88. The molecular weight excluding hydrogens is 456 g/mol. The molecule has 0 saturated carbocycles. The maximum absolute atomic E-state index is 13.4. The van der Waals surface area contributed by atoms with Crippen LogP contribution in [0.4, 0.5) is 10.5 Å². The SMILES string of the molecule is COC[C@@H]1CCc2cc3c(c(NC(=O)N=S(N)(=O)c4cnn5c4OC[C@@H]5CN(C)C)c21)CCC3. The Morgan fingerprint density at radius 1 is 1.38 bits per heavy atom. The van der Waals surface area contributed by atoms with E-state index >= 15 is 0 Å². The minimum atomic E-state index is -3.55. The Morgan fingerprint density at radius 3 is 2.97 bits per heavy atom. The molecule has 5 rings (SSSR count). The summed E-state index contributed by atoms with van der Waals surface area (Å²) in [6, 6.07) is 1.54. The number of nitrogens with two attached hydrogens (primary N) is 1. The molecule has 184 valence electrons. The number of anilines is 1. The van der Waals surface area contributed by atoms with Crippen LogP contribution in [0.3, 0.4) is 0 Å². The van der Waals surface area contributed by atoms with Crippen LogP contribution in [-0.4, -0.2) is 65.9 Å². The molecule has 2 aliphatic carbocycles. The normalized spacial score (nSPS) is 22.1. The second-order valence-corrected chi connectivity index (χ2v) is 11.3. The molecule has 3 atom stereocenters. The van der Waals surface area contributed by atoms with Crippen LogP contribution in [0.2, 0.25) is 0 Å². The van der Waals surface area contributed by atoms with Crippen LogP contribution in [0.1, 0.15) is 47.1 Å². The summed E-state index contributed by atoms with van der Waals surface area (Å²) < 4.78 is 30.1. The van der Waals surface area contributed by atoms with Gasteiger partial charge in [0.15, 0.2) is 9.92 Å². The first kappa shape index (κ1) is 23.3. The summed E-state index contributed by atoms with van der Waals surface area (Å²) in [6.07, 6.45) is 6.27. The number of ether oxygens (including phenoxy) is 2. The van der Waals surface area contributed by atoms with Gasteiger partial charge in [-0.25, -0.2) is 18.8 Å². The van der Waals surface area contributed by atoms with Gasteiger partial charge in [0.05, 0.1) is 12.8 Å². The Balaban J connectivity index is 1.46. The molecule has 2 amide bonds. The van der Waals surface area contributed by atoms with Crippen LogP contribution < -0.4 is 15.2 Å². The molecule has 0 fully saturated rings. The van der Waals surface area contributed by atoms with Gasteiger partial charge in [-0.15, -0.1) is 4.36 Å². The van der Waals surface area contributed by atoms with E-state index in [1.807, 2.05) is 19.0 Å². The molecule has 10 nitrogen and oxygen atoms in total. The minimum absolute atomic E-state index is 0.0185. The van der Waals surface area contributed by atoms with Crippen molar-refractivity contribution in [1.82, 2.24) is 14.7 Å². The number of likely N-dealkylation sites (N-methyl/N-ethyl adjacent to an activating group) is 1. The van der Waals surface area contributed by atoms with Crippen molar-refractivity contribution in [2.75, 3.05) is 46.3 Å². The number of nitrogens with zero attached hydrogens (tertiary/aromatic N) is 4. The predicted molar refractivity (Wildman–Crippen MR) is 129 cm³/mol. The minimum Gasteiger partial charge on any atom is -0.475 e. The maximum atomic E-state index is 13.4. The number of carbonyl (C=O) groups is 1. The van der Waals surface area contributed by atoms with Gasteiger partial charge in [-0.05, 0) is 68.5 Å². The number of hydrogen-bond acceptors (Lipinski definition) is 6. The van der Waals surface area contributed by atoms with E-state index in [2.05, 4.69) is 20.8 Å². The first-order valence-corrected chi connectivity index (χ1v) is 13.2. The lowest BCUT2D eigenvalue weighted by atomic mass is 9.94.